The Balaban J connectivity index is 1.91. The Morgan fingerprint density at radius 3 is 2.83 bits per heavy atom. The minimum Gasteiger partial charge on any atom is -0.354 e. The molecular weight excluding hydrogens is 150 g/mol. The molecule has 2 heterocycles. The van der Waals surface area contributed by atoms with Gasteiger partial charge in [0.05, 0.1) is 0 Å². The minimum atomic E-state index is 0.960. The van der Waals surface area contributed by atoms with Crippen LogP contribution in [-0.4, -0.2) is 14.5 Å². The van der Waals surface area contributed by atoms with E-state index in [0.717, 1.165) is 18.8 Å². The van der Waals surface area contributed by atoms with Crippen molar-refractivity contribution in [3.8, 4) is 0 Å². The second-order valence-electron chi connectivity index (χ2n) is 2.71. The third kappa shape index (κ3) is 1.56. The van der Waals surface area contributed by atoms with Crippen LogP contribution in [0.1, 0.15) is 5.82 Å². The summed E-state index contributed by atoms with van der Waals surface area (Å²) in [6.07, 6.45) is 8.71. The summed E-state index contributed by atoms with van der Waals surface area (Å²) in [5.74, 6) is 1.05. The van der Waals surface area contributed by atoms with Crippen LogP contribution < -0.4 is 0 Å². The zero-order valence-corrected chi connectivity index (χ0v) is 6.77. The number of rotatable bonds is 3. The zero-order valence-electron chi connectivity index (χ0n) is 6.77. The first-order valence-electron chi connectivity index (χ1n) is 4.04. The second kappa shape index (κ2) is 3.26. The van der Waals surface area contributed by atoms with E-state index in [-0.39, 0.29) is 0 Å². The van der Waals surface area contributed by atoms with E-state index in [2.05, 4.69) is 26.9 Å². The molecule has 0 aliphatic rings. The molecular formula is C9H11N3. The molecule has 0 bridgehead atoms. The van der Waals surface area contributed by atoms with Crippen LogP contribution in [0.3, 0.4) is 0 Å². The van der Waals surface area contributed by atoms with Crippen LogP contribution in [0.4, 0.5) is 0 Å². The molecule has 3 heteroatoms. The smallest absolute Gasteiger partial charge is 0.107 e. The van der Waals surface area contributed by atoms with E-state index in [1.54, 1.807) is 6.20 Å². The highest BCUT2D eigenvalue weighted by molar-refractivity contribution is 4.92. The molecule has 0 unspecified atom stereocenters. The fraction of sp³-hybridized carbons (Fsp3) is 0.222. The lowest BCUT2D eigenvalue weighted by molar-refractivity contribution is 0.681. The summed E-state index contributed by atoms with van der Waals surface area (Å²) < 4.78 is 2.14. The number of hydrogen-bond donors (Lipinski definition) is 1. The third-order valence-electron chi connectivity index (χ3n) is 1.83. The normalized spacial score (nSPS) is 10.3. The molecule has 0 spiro atoms. The summed E-state index contributed by atoms with van der Waals surface area (Å²) in [5.41, 5.74) is 0. The number of imidazole rings is 1. The van der Waals surface area contributed by atoms with Crippen molar-refractivity contribution in [1.29, 1.82) is 0 Å². The first-order chi connectivity index (χ1) is 5.95. The van der Waals surface area contributed by atoms with Gasteiger partial charge in [0.2, 0.25) is 0 Å². The Bertz CT molecular complexity index is 273. The van der Waals surface area contributed by atoms with Gasteiger partial charge < -0.3 is 9.55 Å². The standard InChI is InChI=1S/C9H11N3/c1-2-7-12(6-1)8-3-9-10-4-5-11-9/h1-2,4-7H,3,8H2,(H,10,11). The number of nitrogens with one attached hydrogen (secondary N) is 1. The third-order valence-corrected chi connectivity index (χ3v) is 1.83. The Hall–Kier alpha value is -1.51. The number of aromatic amines is 1. The van der Waals surface area contributed by atoms with Crippen LogP contribution in [0, 0.1) is 0 Å². The molecule has 0 aromatic carbocycles. The predicted octanol–water partition coefficient (Wildman–Crippen LogP) is 1.45. The van der Waals surface area contributed by atoms with Crippen molar-refractivity contribution in [3.05, 3.63) is 42.7 Å². The van der Waals surface area contributed by atoms with Gasteiger partial charge in [0, 0.05) is 37.8 Å². The van der Waals surface area contributed by atoms with Gasteiger partial charge in [-0.05, 0) is 12.1 Å². The van der Waals surface area contributed by atoms with Gasteiger partial charge in [-0.3, -0.25) is 0 Å². The van der Waals surface area contributed by atoms with Crippen molar-refractivity contribution >= 4 is 0 Å². The molecule has 0 amide bonds. The van der Waals surface area contributed by atoms with E-state index >= 15 is 0 Å². The Morgan fingerprint density at radius 1 is 1.33 bits per heavy atom. The summed E-state index contributed by atoms with van der Waals surface area (Å²) in [7, 11) is 0. The number of aromatic nitrogens is 3. The summed E-state index contributed by atoms with van der Waals surface area (Å²) in [4.78, 5) is 7.22. The van der Waals surface area contributed by atoms with Crippen LogP contribution in [-0.2, 0) is 13.0 Å². The van der Waals surface area contributed by atoms with E-state index in [0.29, 0.717) is 0 Å². The van der Waals surface area contributed by atoms with Gasteiger partial charge in [0.1, 0.15) is 5.82 Å². The Kier molecular flexibility index (Phi) is 1.94. The molecule has 0 fully saturated rings. The lowest BCUT2D eigenvalue weighted by atomic mass is 10.4. The maximum Gasteiger partial charge on any atom is 0.107 e. The highest BCUT2D eigenvalue weighted by Crippen LogP contribution is 1.95. The van der Waals surface area contributed by atoms with Gasteiger partial charge in [0.15, 0.2) is 0 Å². The molecule has 0 aliphatic heterocycles. The fourth-order valence-electron chi connectivity index (χ4n) is 1.19. The average molecular weight is 161 g/mol. The van der Waals surface area contributed by atoms with Gasteiger partial charge in [-0.15, -0.1) is 0 Å². The molecule has 2 aromatic heterocycles. The molecule has 0 saturated carbocycles. The first kappa shape index (κ1) is 7.16. The fourth-order valence-corrected chi connectivity index (χ4v) is 1.19. The van der Waals surface area contributed by atoms with Gasteiger partial charge in [-0.2, -0.15) is 0 Å². The molecule has 62 valence electrons. The van der Waals surface area contributed by atoms with Gasteiger partial charge in [-0.25, -0.2) is 4.98 Å². The monoisotopic (exact) mass is 161 g/mol. The maximum absolute atomic E-state index is 4.15. The summed E-state index contributed by atoms with van der Waals surface area (Å²) in [6, 6.07) is 4.06. The molecule has 2 rings (SSSR count). The highest BCUT2D eigenvalue weighted by atomic mass is 14.9. The van der Waals surface area contributed by atoms with Gasteiger partial charge >= 0.3 is 0 Å². The Labute approximate surface area is 71.1 Å². The van der Waals surface area contributed by atoms with Crippen molar-refractivity contribution in [2.24, 2.45) is 0 Å². The summed E-state index contributed by atoms with van der Waals surface area (Å²) >= 11 is 0. The van der Waals surface area contributed by atoms with E-state index in [1.165, 1.54) is 0 Å². The van der Waals surface area contributed by atoms with Gasteiger partial charge in [0.25, 0.3) is 0 Å². The van der Waals surface area contributed by atoms with E-state index in [4.69, 9.17) is 0 Å². The van der Waals surface area contributed by atoms with E-state index in [9.17, 15) is 0 Å². The Morgan fingerprint density at radius 2 is 2.17 bits per heavy atom. The topological polar surface area (TPSA) is 33.6 Å². The summed E-state index contributed by atoms with van der Waals surface area (Å²) in [5, 5.41) is 0. The SMILES string of the molecule is c1ccn(CCc2ncc[nH]2)c1. The summed E-state index contributed by atoms with van der Waals surface area (Å²) in [6.45, 7) is 0.987. The van der Waals surface area contributed by atoms with Crippen LogP contribution in [0.25, 0.3) is 0 Å². The van der Waals surface area contributed by atoms with Crippen molar-refractivity contribution in [2.75, 3.05) is 0 Å². The largest absolute Gasteiger partial charge is 0.354 e. The highest BCUT2D eigenvalue weighted by Gasteiger charge is 1.93. The number of aryl methyl sites for hydroxylation is 2. The number of H-pyrrole nitrogens is 1. The molecule has 0 atom stereocenters. The minimum absolute atomic E-state index is 0.960. The molecule has 0 radical (unpaired) electrons. The molecule has 3 nitrogen and oxygen atoms in total. The molecule has 2 aromatic rings. The van der Waals surface area contributed by atoms with Crippen molar-refractivity contribution in [1.82, 2.24) is 14.5 Å². The average Bonchev–Trinajstić information content (AvgIpc) is 2.74. The molecule has 1 N–H and O–H groups in total. The lowest BCUT2D eigenvalue weighted by Crippen LogP contribution is -1.99. The van der Waals surface area contributed by atoms with Crippen LogP contribution in [0.15, 0.2) is 36.9 Å². The van der Waals surface area contributed by atoms with Crippen LogP contribution >= 0.6 is 0 Å². The van der Waals surface area contributed by atoms with Crippen molar-refractivity contribution < 1.29 is 0 Å². The molecule has 12 heavy (non-hydrogen) atoms. The number of hydrogen-bond acceptors (Lipinski definition) is 1. The van der Waals surface area contributed by atoms with E-state index < -0.39 is 0 Å². The quantitative estimate of drug-likeness (QED) is 0.726. The second-order valence-corrected chi connectivity index (χ2v) is 2.71. The van der Waals surface area contributed by atoms with Crippen molar-refractivity contribution in [2.45, 2.75) is 13.0 Å². The molecule has 0 aliphatic carbocycles. The van der Waals surface area contributed by atoms with Gasteiger partial charge in [-0.1, -0.05) is 0 Å². The van der Waals surface area contributed by atoms with Crippen LogP contribution in [0.5, 0.6) is 0 Å². The van der Waals surface area contributed by atoms with Crippen molar-refractivity contribution in [3.63, 3.8) is 0 Å². The van der Waals surface area contributed by atoms with Crippen LogP contribution in [0.2, 0.25) is 0 Å². The maximum atomic E-state index is 4.15. The first-order valence-corrected chi connectivity index (χ1v) is 4.04. The molecule has 0 saturated heterocycles. The lowest BCUT2D eigenvalue weighted by Gasteiger charge is -1.98. The zero-order chi connectivity index (χ0) is 8.23. The number of nitrogens with zero attached hydrogens (tertiary/aromatic N) is 2. The van der Waals surface area contributed by atoms with E-state index in [1.807, 2.05) is 18.3 Å². The predicted molar refractivity (Wildman–Crippen MR) is 46.7 cm³/mol.